The van der Waals surface area contributed by atoms with E-state index in [1.165, 1.54) is 28.7 Å². The first-order chi connectivity index (χ1) is 15.7. The maximum Gasteiger partial charge on any atom is 0.236 e. The average molecular weight is 466 g/mol. The number of carbonyl (C=O) groups excluding carboxylic acids is 1. The summed E-state index contributed by atoms with van der Waals surface area (Å²) < 4.78 is 7.22. The van der Waals surface area contributed by atoms with E-state index in [4.69, 9.17) is 4.74 Å². The smallest absolute Gasteiger partial charge is 0.236 e. The van der Waals surface area contributed by atoms with Crippen molar-refractivity contribution in [1.82, 2.24) is 19.7 Å². The van der Waals surface area contributed by atoms with E-state index in [2.05, 4.69) is 51.7 Å². The van der Waals surface area contributed by atoms with Crippen molar-refractivity contribution in [1.29, 1.82) is 0 Å². The summed E-state index contributed by atoms with van der Waals surface area (Å²) in [5, 5.41) is 14.1. The van der Waals surface area contributed by atoms with E-state index < -0.39 is 0 Å². The van der Waals surface area contributed by atoms with Crippen molar-refractivity contribution in [2.45, 2.75) is 24.9 Å². The van der Waals surface area contributed by atoms with Gasteiger partial charge in [-0.2, -0.15) is 0 Å². The monoisotopic (exact) mass is 465 g/mol. The van der Waals surface area contributed by atoms with Crippen molar-refractivity contribution in [2.24, 2.45) is 0 Å². The van der Waals surface area contributed by atoms with Gasteiger partial charge in [0.2, 0.25) is 5.91 Å². The van der Waals surface area contributed by atoms with Crippen LogP contribution in [0.5, 0.6) is 5.75 Å². The molecule has 1 amide bonds. The summed E-state index contributed by atoms with van der Waals surface area (Å²) in [5.41, 5.74) is 4.04. The van der Waals surface area contributed by atoms with Crippen LogP contribution >= 0.6 is 23.1 Å². The highest BCUT2D eigenvalue weighted by Gasteiger charge is 2.14. The topological polar surface area (TPSA) is 81.9 Å². The fourth-order valence-corrected chi connectivity index (χ4v) is 4.65. The number of benzene rings is 2. The molecule has 0 atom stereocenters. The number of hydrogen-bond acceptors (Lipinski definition) is 7. The van der Waals surface area contributed by atoms with Gasteiger partial charge < -0.3 is 10.1 Å². The minimum atomic E-state index is -0.149. The molecule has 0 aliphatic heterocycles. The van der Waals surface area contributed by atoms with Crippen LogP contribution < -0.4 is 10.1 Å². The summed E-state index contributed by atoms with van der Waals surface area (Å²) in [7, 11) is 1.62. The number of amides is 1. The third kappa shape index (κ3) is 5.17. The Morgan fingerprint density at radius 2 is 2.00 bits per heavy atom. The van der Waals surface area contributed by atoms with Crippen LogP contribution in [0.25, 0.3) is 16.9 Å². The van der Waals surface area contributed by atoms with E-state index in [0.717, 1.165) is 29.8 Å². The lowest BCUT2D eigenvalue weighted by Gasteiger charge is -2.10. The highest BCUT2D eigenvalue weighted by Crippen LogP contribution is 2.28. The van der Waals surface area contributed by atoms with E-state index >= 15 is 0 Å². The van der Waals surface area contributed by atoms with Crippen molar-refractivity contribution in [3.8, 4) is 22.7 Å². The highest BCUT2D eigenvalue weighted by molar-refractivity contribution is 7.99. The maximum absolute atomic E-state index is 12.5. The Kier molecular flexibility index (Phi) is 7.18. The lowest BCUT2D eigenvalue weighted by molar-refractivity contribution is -0.113. The first-order valence-corrected chi connectivity index (χ1v) is 12.1. The van der Waals surface area contributed by atoms with E-state index in [1.807, 2.05) is 29.6 Å². The molecule has 9 heteroatoms. The SMILES string of the molecule is CCCc1ccc(-c2csc(NC(=O)CSc3nncn3-c3ccccc3OC)n2)cc1. The van der Waals surface area contributed by atoms with Gasteiger partial charge in [-0.3, -0.25) is 9.36 Å². The molecule has 4 rings (SSSR count). The van der Waals surface area contributed by atoms with Crippen LogP contribution in [0.4, 0.5) is 5.13 Å². The molecule has 4 aromatic rings. The van der Waals surface area contributed by atoms with Crippen molar-refractivity contribution in [3.05, 3.63) is 65.8 Å². The third-order valence-electron chi connectivity index (χ3n) is 4.73. The number of aromatic nitrogens is 4. The lowest BCUT2D eigenvalue weighted by Crippen LogP contribution is -2.14. The number of aryl methyl sites for hydroxylation is 1. The Hall–Kier alpha value is -3.17. The molecule has 2 heterocycles. The molecule has 164 valence electrons. The number of carbonyl (C=O) groups is 1. The molecule has 0 bridgehead atoms. The third-order valence-corrected chi connectivity index (χ3v) is 6.43. The summed E-state index contributed by atoms with van der Waals surface area (Å²) in [6.45, 7) is 2.17. The maximum atomic E-state index is 12.5. The zero-order chi connectivity index (χ0) is 22.3. The Balaban J connectivity index is 1.37. The van der Waals surface area contributed by atoms with Crippen molar-refractivity contribution in [3.63, 3.8) is 0 Å². The standard InChI is InChI=1S/C23H23N5O2S2/c1-3-6-16-9-11-17(12-10-16)18-13-31-22(25-18)26-21(29)14-32-23-27-24-15-28(23)19-7-4-5-8-20(19)30-2/h4-5,7-13,15H,3,6,14H2,1-2H3,(H,25,26,29). The van der Waals surface area contributed by atoms with Crippen LogP contribution in [0, 0.1) is 0 Å². The first-order valence-electron chi connectivity index (χ1n) is 10.2. The van der Waals surface area contributed by atoms with Crippen LogP contribution in [-0.4, -0.2) is 38.5 Å². The normalized spacial score (nSPS) is 10.8. The highest BCUT2D eigenvalue weighted by atomic mass is 32.2. The van der Waals surface area contributed by atoms with Gasteiger partial charge in [0.05, 0.1) is 24.2 Å². The molecule has 2 aromatic carbocycles. The lowest BCUT2D eigenvalue weighted by atomic mass is 10.1. The van der Waals surface area contributed by atoms with Gasteiger partial charge in [-0.25, -0.2) is 4.98 Å². The minimum absolute atomic E-state index is 0.149. The number of thioether (sulfide) groups is 1. The second kappa shape index (κ2) is 10.4. The summed E-state index contributed by atoms with van der Waals surface area (Å²) in [5.74, 6) is 0.745. The number of thiazole rings is 1. The van der Waals surface area contributed by atoms with Gasteiger partial charge in [-0.15, -0.1) is 21.5 Å². The Bertz CT molecular complexity index is 1190. The molecule has 0 aliphatic carbocycles. The summed E-state index contributed by atoms with van der Waals surface area (Å²) in [6, 6.07) is 16.0. The molecule has 0 radical (unpaired) electrons. The number of rotatable bonds is 9. The number of methoxy groups -OCH3 is 1. The average Bonchev–Trinajstić information content (AvgIpc) is 3.48. The number of nitrogens with zero attached hydrogens (tertiary/aromatic N) is 4. The van der Waals surface area contributed by atoms with E-state index in [9.17, 15) is 4.79 Å². The predicted octanol–water partition coefficient (Wildman–Crippen LogP) is 5.08. The van der Waals surface area contributed by atoms with Crippen LogP contribution in [0.3, 0.4) is 0 Å². The number of hydrogen-bond donors (Lipinski definition) is 1. The van der Waals surface area contributed by atoms with Gasteiger partial charge in [0, 0.05) is 10.9 Å². The fraction of sp³-hybridized carbons (Fsp3) is 0.217. The van der Waals surface area contributed by atoms with Crippen LogP contribution in [0.1, 0.15) is 18.9 Å². The van der Waals surface area contributed by atoms with Gasteiger partial charge in [-0.1, -0.05) is 61.5 Å². The van der Waals surface area contributed by atoms with Gasteiger partial charge in [0.15, 0.2) is 10.3 Å². The molecule has 0 fully saturated rings. The van der Waals surface area contributed by atoms with E-state index in [1.54, 1.807) is 18.0 Å². The molecule has 0 aliphatic rings. The van der Waals surface area contributed by atoms with E-state index in [0.29, 0.717) is 16.0 Å². The molecular formula is C23H23N5O2S2. The molecule has 2 aromatic heterocycles. The van der Waals surface area contributed by atoms with Gasteiger partial charge in [-0.05, 0) is 24.1 Å². The van der Waals surface area contributed by atoms with E-state index in [-0.39, 0.29) is 11.7 Å². The second-order valence-corrected chi connectivity index (χ2v) is 8.78. The van der Waals surface area contributed by atoms with Crippen LogP contribution in [-0.2, 0) is 11.2 Å². The molecule has 0 spiro atoms. The molecule has 1 N–H and O–H groups in total. The van der Waals surface area contributed by atoms with Crippen molar-refractivity contribution in [2.75, 3.05) is 18.2 Å². The zero-order valence-corrected chi connectivity index (χ0v) is 19.4. The summed E-state index contributed by atoms with van der Waals surface area (Å²) >= 11 is 2.72. The Morgan fingerprint density at radius 1 is 1.19 bits per heavy atom. The predicted molar refractivity (Wildman–Crippen MR) is 129 cm³/mol. The van der Waals surface area contributed by atoms with Crippen LogP contribution in [0.2, 0.25) is 0 Å². The van der Waals surface area contributed by atoms with Crippen molar-refractivity contribution < 1.29 is 9.53 Å². The van der Waals surface area contributed by atoms with Gasteiger partial charge >= 0.3 is 0 Å². The number of para-hydroxylation sites is 2. The Labute approximate surface area is 194 Å². The second-order valence-electron chi connectivity index (χ2n) is 6.98. The number of ether oxygens (including phenoxy) is 1. The largest absolute Gasteiger partial charge is 0.495 e. The Morgan fingerprint density at radius 3 is 2.78 bits per heavy atom. The first kappa shape index (κ1) is 22.0. The molecule has 32 heavy (non-hydrogen) atoms. The molecule has 7 nitrogen and oxygen atoms in total. The van der Waals surface area contributed by atoms with Crippen molar-refractivity contribution >= 4 is 34.1 Å². The molecule has 0 unspecified atom stereocenters. The number of nitrogens with one attached hydrogen (secondary N) is 1. The van der Waals surface area contributed by atoms with Gasteiger partial charge in [0.25, 0.3) is 0 Å². The van der Waals surface area contributed by atoms with Crippen LogP contribution in [0.15, 0.2) is 65.4 Å². The fourth-order valence-electron chi connectivity index (χ4n) is 3.20. The zero-order valence-electron chi connectivity index (χ0n) is 17.8. The summed E-state index contributed by atoms with van der Waals surface area (Å²) in [6.07, 6.45) is 3.80. The molecule has 0 saturated heterocycles. The quantitative estimate of drug-likeness (QED) is 0.347. The number of anilines is 1. The molecule has 0 saturated carbocycles. The summed E-state index contributed by atoms with van der Waals surface area (Å²) in [4.78, 5) is 17.1. The van der Waals surface area contributed by atoms with Gasteiger partial charge in [0.1, 0.15) is 12.1 Å². The molecular weight excluding hydrogens is 442 g/mol. The minimum Gasteiger partial charge on any atom is -0.495 e.